The highest BCUT2D eigenvalue weighted by molar-refractivity contribution is 5.88. The third-order valence-corrected chi connectivity index (χ3v) is 2.59. The second-order valence-corrected chi connectivity index (χ2v) is 5.46. The van der Waals surface area contributed by atoms with Crippen LogP contribution in [0.25, 0.3) is 0 Å². The molecule has 0 aliphatic rings. The summed E-state index contributed by atoms with van der Waals surface area (Å²) >= 11 is 0. The van der Waals surface area contributed by atoms with Crippen LogP contribution in [-0.2, 0) is 9.59 Å². The van der Waals surface area contributed by atoms with Gasteiger partial charge in [-0.05, 0) is 33.1 Å². The van der Waals surface area contributed by atoms with Crippen LogP contribution in [0.1, 0.15) is 41.0 Å². The second-order valence-electron chi connectivity index (χ2n) is 5.46. The zero-order valence-electron chi connectivity index (χ0n) is 12.1. The summed E-state index contributed by atoms with van der Waals surface area (Å²) in [6.07, 6.45) is 0.737. The van der Waals surface area contributed by atoms with Crippen LogP contribution in [0.4, 0.5) is 0 Å². The van der Waals surface area contributed by atoms with Gasteiger partial charge in [-0.25, -0.2) is 0 Å². The first-order valence-corrected chi connectivity index (χ1v) is 6.58. The third-order valence-electron chi connectivity index (χ3n) is 2.59. The van der Waals surface area contributed by atoms with E-state index in [0.717, 1.165) is 6.42 Å². The van der Waals surface area contributed by atoms with Crippen LogP contribution in [0, 0.1) is 11.8 Å². The Morgan fingerprint density at radius 2 is 1.56 bits per heavy atom. The number of nitrogens with two attached hydrogens (primary N) is 1. The average molecular weight is 257 g/mol. The van der Waals surface area contributed by atoms with E-state index < -0.39 is 6.04 Å². The van der Waals surface area contributed by atoms with Gasteiger partial charge >= 0.3 is 0 Å². The Labute approximate surface area is 110 Å². The van der Waals surface area contributed by atoms with Gasteiger partial charge in [-0.1, -0.05) is 13.8 Å². The molecule has 0 bridgehead atoms. The first-order chi connectivity index (χ1) is 8.27. The second kappa shape index (κ2) is 8.08. The van der Waals surface area contributed by atoms with Gasteiger partial charge in [-0.15, -0.1) is 0 Å². The van der Waals surface area contributed by atoms with E-state index >= 15 is 0 Å². The lowest BCUT2D eigenvalue weighted by molar-refractivity contribution is -0.131. The predicted molar refractivity (Wildman–Crippen MR) is 72.9 cm³/mol. The van der Waals surface area contributed by atoms with E-state index in [-0.39, 0.29) is 23.8 Å². The van der Waals surface area contributed by atoms with E-state index in [0.29, 0.717) is 12.5 Å². The average Bonchev–Trinajstić information content (AvgIpc) is 2.24. The summed E-state index contributed by atoms with van der Waals surface area (Å²) in [5.74, 6) is -0.125. The highest BCUT2D eigenvalue weighted by atomic mass is 16.2. The number of nitrogens with one attached hydrogen (secondary N) is 2. The van der Waals surface area contributed by atoms with Crippen molar-refractivity contribution in [3.63, 3.8) is 0 Å². The van der Waals surface area contributed by atoms with E-state index in [4.69, 9.17) is 5.73 Å². The van der Waals surface area contributed by atoms with Gasteiger partial charge < -0.3 is 16.4 Å². The van der Waals surface area contributed by atoms with Crippen molar-refractivity contribution in [3.05, 3.63) is 0 Å². The zero-order chi connectivity index (χ0) is 14.3. The number of hydrogen-bond acceptors (Lipinski definition) is 3. The molecule has 2 unspecified atom stereocenters. The molecule has 4 N–H and O–H groups in total. The van der Waals surface area contributed by atoms with Crippen LogP contribution in [0.3, 0.4) is 0 Å². The largest absolute Gasteiger partial charge is 0.352 e. The normalized spacial score (nSPS) is 14.4. The van der Waals surface area contributed by atoms with Crippen molar-refractivity contribution < 1.29 is 9.59 Å². The van der Waals surface area contributed by atoms with Crippen LogP contribution in [0.15, 0.2) is 0 Å². The maximum atomic E-state index is 11.9. The monoisotopic (exact) mass is 257 g/mol. The molecule has 5 heteroatoms. The minimum atomic E-state index is -0.527. The van der Waals surface area contributed by atoms with Crippen LogP contribution < -0.4 is 16.4 Å². The van der Waals surface area contributed by atoms with E-state index in [1.165, 1.54) is 0 Å². The topological polar surface area (TPSA) is 84.2 Å². The maximum absolute atomic E-state index is 11.9. The number of hydrogen-bond donors (Lipinski definition) is 3. The summed E-state index contributed by atoms with van der Waals surface area (Å²) in [6.45, 7) is 9.85. The first kappa shape index (κ1) is 16.9. The fourth-order valence-electron chi connectivity index (χ4n) is 1.69. The minimum absolute atomic E-state index is 0.0674. The summed E-state index contributed by atoms with van der Waals surface area (Å²) < 4.78 is 0. The van der Waals surface area contributed by atoms with Crippen LogP contribution in [-0.4, -0.2) is 30.4 Å². The van der Waals surface area contributed by atoms with E-state index in [1.807, 2.05) is 27.7 Å². The smallest absolute Gasteiger partial charge is 0.242 e. The summed E-state index contributed by atoms with van der Waals surface area (Å²) in [5.41, 5.74) is 5.59. The summed E-state index contributed by atoms with van der Waals surface area (Å²) in [6, 6.07) is -0.459. The van der Waals surface area contributed by atoms with Crippen LogP contribution in [0.5, 0.6) is 0 Å². The van der Waals surface area contributed by atoms with Gasteiger partial charge in [0.15, 0.2) is 0 Å². The molecule has 2 amide bonds. The lowest BCUT2D eigenvalue weighted by atomic mass is 9.96. The lowest BCUT2D eigenvalue weighted by Gasteiger charge is -2.20. The fourth-order valence-corrected chi connectivity index (χ4v) is 1.69. The molecule has 18 heavy (non-hydrogen) atoms. The minimum Gasteiger partial charge on any atom is -0.352 e. The SMILES string of the molecule is CC(C)CC(CN)C(=O)NC(C)C(=O)NC(C)C. The molecule has 0 radical (unpaired) electrons. The van der Waals surface area contributed by atoms with Crippen LogP contribution in [0.2, 0.25) is 0 Å². The van der Waals surface area contributed by atoms with Crippen molar-refractivity contribution in [2.45, 2.75) is 53.1 Å². The van der Waals surface area contributed by atoms with Crippen molar-refractivity contribution in [3.8, 4) is 0 Å². The molecule has 2 atom stereocenters. The molecule has 0 aromatic heterocycles. The van der Waals surface area contributed by atoms with Gasteiger partial charge in [0.1, 0.15) is 6.04 Å². The molecule has 0 aliphatic heterocycles. The Morgan fingerprint density at radius 3 is 1.94 bits per heavy atom. The molecular weight excluding hydrogens is 230 g/mol. The van der Waals surface area contributed by atoms with Crippen molar-refractivity contribution in [2.75, 3.05) is 6.54 Å². The summed E-state index contributed by atoms with van der Waals surface area (Å²) in [5, 5.41) is 5.47. The summed E-state index contributed by atoms with van der Waals surface area (Å²) in [7, 11) is 0. The highest BCUT2D eigenvalue weighted by Gasteiger charge is 2.22. The Morgan fingerprint density at radius 1 is 1.00 bits per heavy atom. The van der Waals surface area contributed by atoms with Gasteiger partial charge in [0.25, 0.3) is 0 Å². The van der Waals surface area contributed by atoms with Crippen molar-refractivity contribution >= 4 is 11.8 Å². The maximum Gasteiger partial charge on any atom is 0.242 e. The Balaban J connectivity index is 4.31. The predicted octanol–water partition coefficient (Wildman–Crippen LogP) is 0.637. The first-order valence-electron chi connectivity index (χ1n) is 6.58. The van der Waals surface area contributed by atoms with E-state index in [9.17, 15) is 9.59 Å². The molecule has 0 saturated heterocycles. The lowest BCUT2D eigenvalue weighted by Crippen LogP contribution is -2.49. The number of carbonyl (C=O) groups is 2. The Kier molecular flexibility index (Phi) is 7.59. The molecule has 0 aromatic rings. The van der Waals surface area contributed by atoms with Crippen molar-refractivity contribution in [1.29, 1.82) is 0 Å². The molecule has 0 rings (SSSR count). The van der Waals surface area contributed by atoms with Gasteiger partial charge in [0.05, 0.1) is 5.92 Å². The standard InChI is InChI=1S/C13H27N3O2/c1-8(2)6-11(7-14)13(18)16-10(5)12(17)15-9(3)4/h8-11H,6-7,14H2,1-5H3,(H,15,17)(H,16,18). The van der Waals surface area contributed by atoms with Gasteiger partial charge in [0, 0.05) is 12.6 Å². The molecule has 0 heterocycles. The third kappa shape index (κ3) is 6.59. The quantitative estimate of drug-likeness (QED) is 0.625. The van der Waals surface area contributed by atoms with E-state index in [1.54, 1.807) is 6.92 Å². The molecule has 0 saturated carbocycles. The number of amides is 2. The summed E-state index contributed by atoms with van der Waals surface area (Å²) in [4.78, 5) is 23.6. The zero-order valence-corrected chi connectivity index (χ0v) is 12.1. The van der Waals surface area contributed by atoms with Gasteiger partial charge in [-0.2, -0.15) is 0 Å². The van der Waals surface area contributed by atoms with Crippen molar-refractivity contribution in [2.24, 2.45) is 17.6 Å². The molecule has 0 spiro atoms. The highest BCUT2D eigenvalue weighted by Crippen LogP contribution is 2.10. The molecule has 106 valence electrons. The number of carbonyl (C=O) groups excluding carboxylic acids is 2. The molecule has 0 fully saturated rings. The van der Waals surface area contributed by atoms with Gasteiger partial charge in [0.2, 0.25) is 11.8 Å². The molecule has 5 nitrogen and oxygen atoms in total. The Bertz CT molecular complexity index is 277. The molecule has 0 aromatic carbocycles. The number of rotatable bonds is 7. The molecule has 0 aliphatic carbocycles. The van der Waals surface area contributed by atoms with Crippen LogP contribution >= 0.6 is 0 Å². The van der Waals surface area contributed by atoms with E-state index in [2.05, 4.69) is 10.6 Å². The fraction of sp³-hybridized carbons (Fsp3) is 0.846. The molecular formula is C13H27N3O2. The Hall–Kier alpha value is -1.10. The van der Waals surface area contributed by atoms with Crippen molar-refractivity contribution in [1.82, 2.24) is 10.6 Å². The van der Waals surface area contributed by atoms with Gasteiger partial charge in [-0.3, -0.25) is 9.59 Å².